The monoisotopic (exact) mass is 446 g/mol. The zero-order valence-corrected chi connectivity index (χ0v) is 16.9. The molecule has 0 aliphatic rings. The third-order valence-corrected chi connectivity index (χ3v) is 4.62. The van der Waals surface area contributed by atoms with Gasteiger partial charge in [0.05, 0.1) is 19.8 Å². The normalized spacial score (nSPS) is 11.7. The van der Waals surface area contributed by atoms with Crippen molar-refractivity contribution in [3.05, 3.63) is 47.7 Å². The first-order valence-corrected chi connectivity index (χ1v) is 10.00. The van der Waals surface area contributed by atoms with Gasteiger partial charge in [-0.2, -0.15) is 18.2 Å². The molecular formula is C18H17F3N2O6S. The number of methoxy groups -OCH3 is 2. The van der Waals surface area contributed by atoms with Crippen LogP contribution in [0.3, 0.4) is 0 Å². The summed E-state index contributed by atoms with van der Waals surface area (Å²) >= 11 is 0. The van der Waals surface area contributed by atoms with E-state index in [9.17, 15) is 26.4 Å². The second kappa shape index (κ2) is 8.69. The lowest BCUT2D eigenvalue weighted by atomic mass is 10.0. The van der Waals surface area contributed by atoms with Crippen LogP contribution in [0.4, 0.5) is 13.2 Å². The highest BCUT2D eigenvalue weighted by Crippen LogP contribution is 2.32. The Morgan fingerprint density at radius 3 is 2.40 bits per heavy atom. The molecule has 0 N–H and O–H groups in total. The van der Waals surface area contributed by atoms with Gasteiger partial charge in [0.25, 0.3) is 5.16 Å². The average molecular weight is 446 g/mol. The molecule has 12 heteroatoms. The van der Waals surface area contributed by atoms with Gasteiger partial charge in [-0.25, -0.2) is 18.2 Å². The summed E-state index contributed by atoms with van der Waals surface area (Å²) in [6.07, 6.45) is -4.25. The van der Waals surface area contributed by atoms with Crippen molar-refractivity contribution in [2.75, 3.05) is 20.5 Å². The maximum absolute atomic E-state index is 13.1. The first kappa shape index (κ1) is 23.1. The maximum Gasteiger partial charge on any atom is 0.433 e. The molecule has 0 unspecified atom stereocenters. The molecule has 0 saturated carbocycles. The second-order valence-electron chi connectivity index (χ2n) is 5.89. The number of rotatable bonds is 7. The average Bonchev–Trinajstić information content (AvgIpc) is 2.69. The van der Waals surface area contributed by atoms with Crippen molar-refractivity contribution in [2.45, 2.75) is 17.9 Å². The Kier molecular flexibility index (Phi) is 6.70. The standard InChI is InChI=1S/C18H17F3N2O6S/c1-10(16(24)28-3)11-6-5-7-13(27-2)12(11)9-29-15-8-14(18(19,20)21)22-17(23-15)30(4,25)26/h5-8H,1,9H2,2-4H3. The lowest BCUT2D eigenvalue weighted by Crippen LogP contribution is -2.15. The second-order valence-corrected chi connectivity index (χ2v) is 7.80. The molecule has 0 aliphatic heterocycles. The topological polar surface area (TPSA) is 105 Å². The van der Waals surface area contributed by atoms with Crippen LogP contribution in [0.25, 0.3) is 5.57 Å². The fourth-order valence-electron chi connectivity index (χ4n) is 2.36. The number of benzene rings is 1. The molecule has 0 radical (unpaired) electrons. The first-order valence-electron chi connectivity index (χ1n) is 8.11. The summed E-state index contributed by atoms with van der Waals surface area (Å²) in [6.45, 7) is 3.23. The Bertz CT molecular complexity index is 1080. The van der Waals surface area contributed by atoms with Crippen molar-refractivity contribution in [1.82, 2.24) is 9.97 Å². The molecule has 0 bridgehead atoms. The molecule has 0 fully saturated rings. The van der Waals surface area contributed by atoms with E-state index in [2.05, 4.69) is 21.3 Å². The minimum Gasteiger partial charge on any atom is -0.496 e. The molecular weight excluding hydrogens is 429 g/mol. The third kappa shape index (κ3) is 5.26. The minimum atomic E-state index is -4.92. The Morgan fingerprint density at radius 1 is 1.20 bits per heavy atom. The Morgan fingerprint density at radius 2 is 1.87 bits per heavy atom. The molecule has 1 heterocycles. The largest absolute Gasteiger partial charge is 0.496 e. The van der Waals surface area contributed by atoms with E-state index < -0.39 is 45.3 Å². The van der Waals surface area contributed by atoms with Gasteiger partial charge in [0.2, 0.25) is 15.7 Å². The zero-order chi connectivity index (χ0) is 22.7. The molecule has 0 amide bonds. The fraction of sp³-hybridized carbons (Fsp3) is 0.278. The van der Waals surface area contributed by atoms with Gasteiger partial charge in [0.15, 0.2) is 5.69 Å². The van der Waals surface area contributed by atoms with Gasteiger partial charge in [0.1, 0.15) is 12.4 Å². The molecule has 2 aromatic rings. The van der Waals surface area contributed by atoms with E-state index in [4.69, 9.17) is 9.47 Å². The van der Waals surface area contributed by atoms with E-state index in [0.29, 0.717) is 12.3 Å². The van der Waals surface area contributed by atoms with Crippen LogP contribution in [-0.2, 0) is 32.2 Å². The quantitative estimate of drug-likeness (QED) is 0.363. The van der Waals surface area contributed by atoms with Crippen LogP contribution in [0.15, 0.2) is 36.0 Å². The highest BCUT2D eigenvalue weighted by atomic mass is 32.2. The van der Waals surface area contributed by atoms with Crippen LogP contribution in [-0.4, -0.2) is 44.8 Å². The van der Waals surface area contributed by atoms with Crippen molar-refractivity contribution in [3.8, 4) is 11.6 Å². The first-order chi connectivity index (χ1) is 13.9. The van der Waals surface area contributed by atoms with Crippen LogP contribution in [0.1, 0.15) is 16.8 Å². The summed E-state index contributed by atoms with van der Waals surface area (Å²) in [5, 5.41) is -1.04. The molecule has 2 rings (SSSR count). The summed E-state index contributed by atoms with van der Waals surface area (Å²) in [6, 6.07) is 5.10. The molecule has 0 saturated heterocycles. The van der Waals surface area contributed by atoms with E-state index in [1.165, 1.54) is 19.2 Å². The molecule has 0 spiro atoms. The fourth-order valence-corrected chi connectivity index (χ4v) is 2.88. The number of hydrogen-bond donors (Lipinski definition) is 0. The number of hydrogen-bond acceptors (Lipinski definition) is 8. The van der Waals surface area contributed by atoms with Gasteiger partial charge in [-0.3, -0.25) is 0 Å². The molecule has 30 heavy (non-hydrogen) atoms. The number of alkyl halides is 3. The van der Waals surface area contributed by atoms with Crippen molar-refractivity contribution in [3.63, 3.8) is 0 Å². The number of nitrogens with zero attached hydrogens (tertiary/aromatic N) is 2. The molecule has 1 aromatic heterocycles. The van der Waals surface area contributed by atoms with E-state index in [1.54, 1.807) is 6.07 Å². The van der Waals surface area contributed by atoms with Gasteiger partial charge < -0.3 is 14.2 Å². The lowest BCUT2D eigenvalue weighted by Gasteiger charge is -2.16. The number of carbonyl (C=O) groups excluding carboxylic acids is 1. The molecule has 0 aliphatic carbocycles. The SMILES string of the molecule is C=C(C(=O)OC)c1cccc(OC)c1COc1cc(C(F)(F)F)nc(S(C)(=O)=O)n1. The van der Waals surface area contributed by atoms with Gasteiger partial charge in [0, 0.05) is 17.9 Å². The number of carbonyl (C=O) groups is 1. The summed E-state index contributed by atoms with van der Waals surface area (Å²) in [5.41, 5.74) is -0.976. The summed E-state index contributed by atoms with van der Waals surface area (Å²) < 4.78 is 77.8. The maximum atomic E-state index is 13.1. The van der Waals surface area contributed by atoms with Gasteiger partial charge >= 0.3 is 12.1 Å². The lowest BCUT2D eigenvalue weighted by molar-refractivity contribution is -0.141. The van der Waals surface area contributed by atoms with E-state index >= 15 is 0 Å². The number of ether oxygens (including phenoxy) is 3. The van der Waals surface area contributed by atoms with Crippen molar-refractivity contribution >= 4 is 21.4 Å². The molecule has 0 atom stereocenters. The smallest absolute Gasteiger partial charge is 0.433 e. The highest BCUT2D eigenvalue weighted by molar-refractivity contribution is 7.90. The van der Waals surface area contributed by atoms with Crippen molar-refractivity contribution in [2.24, 2.45) is 0 Å². The molecule has 162 valence electrons. The summed E-state index contributed by atoms with van der Waals surface area (Å²) in [7, 11) is -1.63. The Hall–Kier alpha value is -3.15. The van der Waals surface area contributed by atoms with Crippen LogP contribution in [0.5, 0.6) is 11.6 Å². The summed E-state index contributed by atoms with van der Waals surface area (Å²) in [4.78, 5) is 18.4. The third-order valence-electron chi connectivity index (χ3n) is 3.78. The van der Waals surface area contributed by atoms with E-state index in [1.807, 2.05) is 0 Å². The highest BCUT2D eigenvalue weighted by Gasteiger charge is 2.35. The predicted octanol–water partition coefficient (Wildman–Crippen LogP) is 2.67. The number of sulfone groups is 1. The van der Waals surface area contributed by atoms with E-state index in [-0.39, 0.29) is 22.4 Å². The summed E-state index contributed by atoms with van der Waals surface area (Å²) in [5.74, 6) is -1.10. The number of aromatic nitrogens is 2. The van der Waals surface area contributed by atoms with E-state index in [0.717, 1.165) is 7.11 Å². The van der Waals surface area contributed by atoms with Crippen molar-refractivity contribution in [1.29, 1.82) is 0 Å². The van der Waals surface area contributed by atoms with Gasteiger partial charge in [-0.05, 0) is 11.6 Å². The van der Waals surface area contributed by atoms with Gasteiger partial charge in [-0.15, -0.1) is 0 Å². The zero-order valence-electron chi connectivity index (χ0n) is 16.1. The molecule has 8 nitrogen and oxygen atoms in total. The van der Waals surface area contributed by atoms with Crippen LogP contribution in [0.2, 0.25) is 0 Å². The van der Waals surface area contributed by atoms with Crippen LogP contribution < -0.4 is 9.47 Å². The predicted molar refractivity (Wildman–Crippen MR) is 98.5 cm³/mol. The Labute approximate surface area is 170 Å². The number of esters is 1. The Balaban J connectivity index is 2.49. The van der Waals surface area contributed by atoms with Gasteiger partial charge in [-0.1, -0.05) is 18.7 Å². The minimum absolute atomic E-state index is 0.0366. The van der Waals surface area contributed by atoms with Crippen LogP contribution >= 0.6 is 0 Å². The molecule has 1 aromatic carbocycles. The van der Waals surface area contributed by atoms with Crippen LogP contribution in [0, 0.1) is 0 Å². The number of halogens is 3. The van der Waals surface area contributed by atoms with Crippen molar-refractivity contribution < 1.29 is 40.6 Å².